The van der Waals surface area contributed by atoms with E-state index in [1.807, 2.05) is 12.1 Å². The Kier molecular flexibility index (Phi) is 6.30. The van der Waals surface area contributed by atoms with E-state index < -0.39 is 0 Å². The summed E-state index contributed by atoms with van der Waals surface area (Å²) in [6.45, 7) is 0.724. The summed E-state index contributed by atoms with van der Waals surface area (Å²) in [4.78, 5) is 15.7. The van der Waals surface area contributed by atoms with Gasteiger partial charge in [-0.2, -0.15) is 0 Å². The van der Waals surface area contributed by atoms with E-state index in [2.05, 4.69) is 15.6 Å². The molecule has 0 fully saturated rings. The number of pyridine rings is 1. The zero-order valence-electron chi connectivity index (χ0n) is 11.7. The Balaban J connectivity index is 1.98. The topological polar surface area (TPSA) is 63.2 Å². The van der Waals surface area contributed by atoms with Gasteiger partial charge in [0.15, 0.2) is 11.6 Å². The van der Waals surface area contributed by atoms with Crippen LogP contribution >= 0.6 is 23.2 Å². The Morgan fingerprint density at radius 2 is 2.00 bits per heavy atom. The Morgan fingerprint density at radius 3 is 2.73 bits per heavy atom. The molecule has 0 bridgehead atoms. The number of benzene rings is 1. The smallest absolute Gasteiger partial charge is 0.320 e. The van der Waals surface area contributed by atoms with Gasteiger partial charge in [0.1, 0.15) is 6.61 Å². The number of carbonyl (C=O) groups is 1. The highest BCUT2D eigenvalue weighted by Crippen LogP contribution is 2.22. The summed E-state index contributed by atoms with van der Waals surface area (Å²) in [5.41, 5.74) is 0.964. The molecule has 0 radical (unpaired) electrons. The van der Waals surface area contributed by atoms with Gasteiger partial charge >= 0.3 is 6.03 Å². The van der Waals surface area contributed by atoms with Gasteiger partial charge < -0.3 is 10.1 Å². The van der Waals surface area contributed by atoms with E-state index in [0.29, 0.717) is 35.6 Å². The number of carbonyl (C=O) groups excluding carboxylic acids is 1. The van der Waals surface area contributed by atoms with Gasteiger partial charge in [-0.05, 0) is 29.8 Å². The highest BCUT2D eigenvalue weighted by molar-refractivity contribution is 6.30. The summed E-state index contributed by atoms with van der Waals surface area (Å²) in [5, 5.41) is 5.89. The lowest BCUT2D eigenvalue weighted by atomic mass is 10.2. The number of rotatable bonds is 6. The van der Waals surface area contributed by atoms with Crippen LogP contribution in [0.3, 0.4) is 0 Å². The fourth-order valence-corrected chi connectivity index (χ4v) is 1.88. The van der Waals surface area contributed by atoms with E-state index >= 15 is 0 Å². The van der Waals surface area contributed by atoms with Gasteiger partial charge in [0.2, 0.25) is 0 Å². The Hall–Kier alpha value is -1.98. The second-order valence-corrected chi connectivity index (χ2v) is 5.15. The molecule has 22 heavy (non-hydrogen) atoms. The quantitative estimate of drug-likeness (QED) is 0.789. The molecule has 2 rings (SSSR count). The van der Waals surface area contributed by atoms with Crippen molar-refractivity contribution < 1.29 is 9.53 Å². The molecule has 0 saturated heterocycles. The molecule has 7 heteroatoms. The van der Waals surface area contributed by atoms with Gasteiger partial charge in [-0.1, -0.05) is 23.7 Å². The summed E-state index contributed by atoms with van der Waals surface area (Å²) in [7, 11) is 0. The predicted octanol–water partition coefficient (Wildman–Crippen LogP) is 3.67. The second kappa shape index (κ2) is 8.46. The fourth-order valence-electron chi connectivity index (χ4n) is 1.66. The summed E-state index contributed by atoms with van der Waals surface area (Å²) in [5.74, 6) is 1.18. The van der Waals surface area contributed by atoms with Crippen LogP contribution in [0.1, 0.15) is 5.56 Å². The first-order valence-corrected chi connectivity index (χ1v) is 7.53. The van der Waals surface area contributed by atoms with Crippen LogP contribution in [0.15, 0.2) is 42.6 Å². The van der Waals surface area contributed by atoms with Crippen LogP contribution in [0.5, 0.6) is 5.75 Å². The molecule has 0 aliphatic carbocycles. The molecular formula is C15H15Cl2N3O2. The molecule has 1 aromatic heterocycles. The number of nitrogens with one attached hydrogen (secondary N) is 2. The van der Waals surface area contributed by atoms with Crippen LogP contribution in [0.25, 0.3) is 0 Å². The number of urea groups is 1. The first kappa shape index (κ1) is 16.4. The summed E-state index contributed by atoms with van der Waals surface area (Å²) < 4.78 is 5.69. The highest BCUT2D eigenvalue weighted by Gasteiger charge is 2.08. The average molecular weight is 340 g/mol. The highest BCUT2D eigenvalue weighted by atomic mass is 35.5. The van der Waals surface area contributed by atoms with Crippen molar-refractivity contribution in [2.75, 3.05) is 17.7 Å². The maximum atomic E-state index is 11.6. The number of ether oxygens (including phenoxy) is 1. The van der Waals surface area contributed by atoms with Crippen molar-refractivity contribution in [3.05, 3.63) is 53.2 Å². The third kappa shape index (κ3) is 5.09. The molecule has 0 saturated carbocycles. The lowest BCUT2D eigenvalue weighted by Crippen LogP contribution is -2.30. The first-order valence-electron chi connectivity index (χ1n) is 6.62. The Labute approximate surface area is 138 Å². The van der Waals surface area contributed by atoms with Crippen LogP contribution in [-0.2, 0) is 6.61 Å². The largest absolute Gasteiger partial charge is 0.485 e. The van der Waals surface area contributed by atoms with Crippen LogP contribution in [-0.4, -0.2) is 23.4 Å². The van der Waals surface area contributed by atoms with Crippen molar-refractivity contribution in [2.24, 2.45) is 0 Å². The molecule has 0 aliphatic rings. The lowest BCUT2D eigenvalue weighted by molar-refractivity contribution is 0.252. The Bertz CT molecular complexity index is 620. The van der Waals surface area contributed by atoms with E-state index in [0.717, 1.165) is 5.56 Å². The van der Waals surface area contributed by atoms with E-state index in [-0.39, 0.29) is 6.03 Å². The van der Waals surface area contributed by atoms with Crippen molar-refractivity contribution >= 4 is 35.1 Å². The lowest BCUT2D eigenvalue weighted by Gasteiger charge is -2.12. The zero-order valence-corrected chi connectivity index (χ0v) is 13.2. The molecule has 1 aromatic carbocycles. The number of hydrogen-bond donors (Lipinski definition) is 2. The molecule has 0 atom stereocenters. The average Bonchev–Trinajstić information content (AvgIpc) is 2.53. The Morgan fingerprint density at radius 1 is 1.23 bits per heavy atom. The van der Waals surface area contributed by atoms with E-state index in [1.54, 1.807) is 30.5 Å². The van der Waals surface area contributed by atoms with Gasteiger partial charge in [0, 0.05) is 23.6 Å². The zero-order chi connectivity index (χ0) is 15.8. The van der Waals surface area contributed by atoms with Crippen LogP contribution < -0.4 is 15.4 Å². The first-order chi connectivity index (χ1) is 10.7. The number of alkyl halides is 1. The van der Waals surface area contributed by atoms with E-state index in [4.69, 9.17) is 27.9 Å². The normalized spacial score (nSPS) is 10.1. The molecule has 2 N–H and O–H groups in total. The van der Waals surface area contributed by atoms with Crippen molar-refractivity contribution in [2.45, 2.75) is 6.61 Å². The van der Waals surface area contributed by atoms with Gasteiger partial charge in [-0.15, -0.1) is 11.6 Å². The third-order valence-electron chi connectivity index (χ3n) is 2.69. The molecule has 2 amide bonds. The molecule has 116 valence electrons. The standard InChI is InChI=1S/C15H15Cl2N3O2/c16-7-9-19-15(21)20-14-13(2-1-8-18-14)22-10-11-3-5-12(17)6-4-11/h1-6,8H,7,9-10H2,(H2,18,19,20,21). The van der Waals surface area contributed by atoms with Gasteiger partial charge in [-0.3, -0.25) is 5.32 Å². The minimum atomic E-state index is -0.379. The minimum absolute atomic E-state index is 0.343. The number of halogens is 2. The molecule has 5 nitrogen and oxygen atoms in total. The van der Waals surface area contributed by atoms with E-state index in [1.165, 1.54) is 0 Å². The molecular weight excluding hydrogens is 325 g/mol. The van der Waals surface area contributed by atoms with Gasteiger partial charge in [-0.25, -0.2) is 9.78 Å². The number of aromatic nitrogens is 1. The van der Waals surface area contributed by atoms with Crippen molar-refractivity contribution in [3.63, 3.8) is 0 Å². The van der Waals surface area contributed by atoms with Gasteiger partial charge in [0.05, 0.1) is 0 Å². The van der Waals surface area contributed by atoms with E-state index in [9.17, 15) is 4.79 Å². The summed E-state index contributed by atoms with van der Waals surface area (Å²) in [6, 6.07) is 10.4. The monoisotopic (exact) mass is 339 g/mol. The number of amides is 2. The number of nitrogens with zero attached hydrogens (tertiary/aromatic N) is 1. The minimum Gasteiger partial charge on any atom is -0.485 e. The number of hydrogen-bond acceptors (Lipinski definition) is 3. The predicted molar refractivity (Wildman–Crippen MR) is 87.8 cm³/mol. The van der Waals surface area contributed by atoms with Crippen molar-refractivity contribution in [3.8, 4) is 5.75 Å². The summed E-state index contributed by atoms with van der Waals surface area (Å²) in [6.07, 6.45) is 1.58. The molecule has 0 spiro atoms. The van der Waals surface area contributed by atoms with Crippen molar-refractivity contribution in [1.29, 1.82) is 0 Å². The maximum absolute atomic E-state index is 11.6. The van der Waals surface area contributed by atoms with Crippen molar-refractivity contribution in [1.82, 2.24) is 10.3 Å². The third-order valence-corrected chi connectivity index (χ3v) is 3.13. The number of anilines is 1. The maximum Gasteiger partial charge on any atom is 0.320 e. The van der Waals surface area contributed by atoms with Crippen LogP contribution in [0, 0.1) is 0 Å². The van der Waals surface area contributed by atoms with Crippen LogP contribution in [0.2, 0.25) is 5.02 Å². The fraction of sp³-hybridized carbons (Fsp3) is 0.200. The molecule has 2 aromatic rings. The molecule has 0 aliphatic heterocycles. The SMILES string of the molecule is O=C(NCCCl)Nc1ncccc1OCc1ccc(Cl)cc1. The summed E-state index contributed by atoms with van der Waals surface area (Å²) >= 11 is 11.4. The molecule has 1 heterocycles. The van der Waals surface area contributed by atoms with Crippen LogP contribution in [0.4, 0.5) is 10.6 Å². The van der Waals surface area contributed by atoms with Gasteiger partial charge in [0.25, 0.3) is 0 Å². The second-order valence-electron chi connectivity index (χ2n) is 4.34. The molecule has 0 unspecified atom stereocenters.